The zero-order chi connectivity index (χ0) is 10.3. The van der Waals surface area contributed by atoms with Crippen LogP contribution in [0.3, 0.4) is 0 Å². The molecular formula is C13H22O. The van der Waals surface area contributed by atoms with E-state index in [2.05, 4.69) is 39.8 Å². The van der Waals surface area contributed by atoms with Crippen LogP contribution >= 0.6 is 0 Å². The molecule has 0 N–H and O–H groups in total. The molecule has 14 heavy (non-hydrogen) atoms. The molecule has 2 aliphatic rings. The number of fused-ring (bicyclic) bond motifs is 2. The van der Waals surface area contributed by atoms with Crippen LogP contribution in [0.2, 0.25) is 0 Å². The molecule has 4 atom stereocenters. The van der Waals surface area contributed by atoms with Crippen LogP contribution in [0.4, 0.5) is 0 Å². The van der Waals surface area contributed by atoms with Gasteiger partial charge >= 0.3 is 0 Å². The maximum atomic E-state index is 6.12. The van der Waals surface area contributed by atoms with Crippen LogP contribution in [0.15, 0.2) is 12.2 Å². The zero-order valence-corrected chi connectivity index (χ0v) is 9.79. The van der Waals surface area contributed by atoms with Gasteiger partial charge in [0.05, 0.1) is 12.2 Å². The lowest BCUT2D eigenvalue weighted by Crippen LogP contribution is -2.39. The Morgan fingerprint density at radius 3 is 2.64 bits per heavy atom. The first kappa shape index (κ1) is 10.2. The second-order valence-electron chi connectivity index (χ2n) is 5.52. The van der Waals surface area contributed by atoms with Crippen molar-refractivity contribution >= 4 is 0 Å². The monoisotopic (exact) mass is 194 g/mol. The molecule has 2 fully saturated rings. The molecule has 4 unspecified atom stereocenters. The lowest BCUT2D eigenvalue weighted by molar-refractivity contribution is 0.0251. The summed E-state index contributed by atoms with van der Waals surface area (Å²) in [4.78, 5) is 0. The molecule has 1 heteroatoms. The predicted octanol–water partition coefficient (Wildman–Crippen LogP) is 3.40. The van der Waals surface area contributed by atoms with Crippen LogP contribution in [0, 0.1) is 17.3 Å². The molecule has 0 aromatic rings. The van der Waals surface area contributed by atoms with Gasteiger partial charge in [0.2, 0.25) is 0 Å². The Morgan fingerprint density at radius 2 is 2.00 bits per heavy atom. The van der Waals surface area contributed by atoms with E-state index in [-0.39, 0.29) is 0 Å². The van der Waals surface area contributed by atoms with E-state index >= 15 is 0 Å². The van der Waals surface area contributed by atoms with E-state index in [1.165, 1.54) is 12.8 Å². The zero-order valence-electron chi connectivity index (χ0n) is 9.79. The molecule has 0 amide bonds. The van der Waals surface area contributed by atoms with Gasteiger partial charge in [-0.1, -0.05) is 32.9 Å². The average Bonchev–Trinajstić information content (AvgIpc) is 2.26. The molecule has 1 saturated carbocycles. The van der Waals surface area contributed by atoms with E-state index < -0.39 is 0 Å². The largest absolute Gasteiger partial charge is 0.370 e. The standard InChI is InChI=1S/C13H22O/c1-5-6-10-12-9(2)7-8-11(14-10)13(12,3)4/h5-6,9-12H,7-8H2,1-4H3. The highest BCUT2D eigenvalue weighted by atomic mass is 16.5. The van der Waals surface area contributed by atoms with Crippen LogP contribution in [0.5, 0.6) is 0 Å². The summed E-state index contributed by atoms with van der Waals surface area (Å²) < 4.78 is 6.12. The van der Waals surface area contributed by atoms with Gasteiger partial charge in [-0.05, 0) is 37.0 Å². The smallest absolute Gasteiger partial charge is 0.0796 e. The van der Waals surface area contributed by atoms with Gasteiger partial charge in [-0.3, -0.25) is 0 Å². The van der Waals surface area contributed by atoms with Crippen molar-refractivity contribution in [3.63, 3.8) is 0 Å². The number of rotatable bonds is 1. The van der Waals surface area contributed by atoms with Crippen molar-refractivity contribution in [2.45, 2.75) is 52.7 Å². The number of allylic oxidation sites excluding steroid dienone is 1. The molecule has 0 aromatic carbocycles. The summed E-state index contributed by atoms with van der Waals surface area (Å²) in [6.07, 6.45) is 7.83. The maximum absolute atomic E-state index is 6.12. The Balaban J connectivity index is 2.27. The summed E-state index contributed by atoms with van der Waals surface area (Å²) >= 11 is 0. The summed E-state index contributed by atoms with van der Waals surface area (Å²) in [5.74, 6) is 1.53. The summed E-state index contributed by atoms with van der Waals surface area (Å²) in [5, 5.41) is 0. The van der Waals surface area contributed by atoms with Gasteiger partial charge in [0.1, 0.15) is 0 Å². The summed E-state index contributed by atoms with van der Waals surface area (Å²) in [6.45, 7) is 9.22. The van der Waals surface area contributed by atoms with E-state index in [1.54, 1.807) is 0 Å². The first-order valence-electron chi connectivity index (χ1n) is 5.85. The topological polar surface area (TPSA) is 9.23 Å². The van der Waals surface area contributed by atoms with Crippen LogP contribution < -0.4 is 0 Å². The molecule has 80 valence electrons. The molecule has 0 aromatic heterocycles. The molecular weight excluding hydrogens is 172 g/mol. The van der Waals surface area contributed by atoms with Crippen LogP contribution in [0.25, 0.3) is 0 Å². The normalized spacial score (nSPS) is 46.0. The Labute approximate surface area is 87.5 Å². The van der Waals surface area contributed by atoms with Crippen molar-refractivity contribution < 1.29 is 4.74 Å². The first-order chi connectivity index (χ1) is 6.57. The maximum Gasteiger partial charge on any atom is 0.0796 e. The fraction of sp³-hybridized carbons (Fsp3) is 0.846. The van der Waals surface area contributed by atoms with Gasteiger partial charge in [0.25, 0.3) is 0 Å². The van der Waals surface area contributed by atoms with Crippen LogP contribution in [-0.2, 0) is 4.74 Å². The van der Waals surface area contributed by atoms with Crippen LogP contribution in [0.1, 0.15) is 40.5 Å². The number of ether oxygens (including phenoxy) is 1. The van der Waals surface area contributed by atoms with Gasteiger partial charge in [0.15, 0.2) is 0 Å². The molecule has 1 aliphatic carbocycles. The summed E-state index contributed by atoms with van der Waals surface area (Å²) in [7, 11) is 0. The molecule has 1 nitrogen and oxygen atoms in total. The Bertz CT molecular complexity index is 242. The van der Waals surface area contributed by atoms with Gasteiger partial charge in [-0.15, -0.1) is 0 Å². The van der Waals surface area contributed by atoms with Gasteiger partial charge < -0.3 is 4.74 Å². The molecule has 1 saturated heterocycles. The third-order valence-electron chi connectivity index (χ3n) is 4.24. The average molecular weight is 194 g/mol. The second kappa shape index (κ2) is 3.37. The molecule has 2 bridgehead atoms. The highest BCUT2D eigenvalue weighted by Crippen LogP contribution is 2.53. The third kappa shape index (κ3) is 1.33. The van der Waals surface area contributed by atoms with Crippen molar-refractivity contribution in [2.75, 3.05) is 0 Å². The van der Waals surface area contributed by atoms with E-state index in [4.69, 9.17) is 4.74 Å². The Hall–Kier alpha value is -0.300. The second-order valence-corrected chi connectivity index (χ2v) is 5.52. The fourth-order valence-corrected chi connectivity index (χ4v) is 3.53. The minimum atomic E-state index is 0.373. The highest BCUT2D eigenvalue weighted by Gasteiger charge is 2.53. The van der Waals surface area contributed by atoms with Crippen molar-refractivity contribution in [1.29, 1.82) is 0 Å². The fourth-order valence-electron chi connectivity index (χ4n) is 3.53. The van der Waals surface area contributed by atoms with E-state index in [0.717, 1.165) is 11.8 Å². The van der Waals surface area contributed by atoms with Crippen molar-refractivity contribution in [3.05, 3.63) is 12.2 Å². The molecule has 0 radical (unpaired) electrons. The quantitative estimate of drug-likeness (QED) is 0.581. The van der Waals surface area contributed by atoms with Crippen molar-refractivity contribution in [3.8, 4) is 0 Å². The molecule has 0 spiro atoms. The molecule has 2 rings (SSSR count). The van der Waals surface area contributed by atoms with Gasteiger partial charge in [0, 0.05) is 0 Å². The Morgan fingerprint density at radius 1 is 1.29 bits per heavy atom. The van der Waals surface area contributed by atoms with E-state index in [0.29, 0.717) is 17.6 Å². The molecule has 1 aliphatic heterocycles. The minimum Gasteiger partial charge on any atom is -0.370 e. The SMILES string of the molecule is CC=CC1OC2CCC(C)C1C2(C)C. The Kier molecular flexibility index (Phi) is 2.46. The number of hydrogen-bond acceptors (Lipinski definition) is 1. The summed E-state index contributed by atoms with van der Waals surface area (Å²) in [5.41, 5.74) is 0.377. The first-order valence-corrected chi connectivity index (χ1v) is 5.85. The lowest BCUT2D eigenvalue weighted by Gasteiger charge is -2.40. The predicted molar refractivity (Wildman–Crippen MR) is 59.1 cm³/mol. The van der Waals surface area contributed by atoms with Crippen molar-refractivity contribution in [2.24, 2.45) is 17.3 Å². The highest BCUT2D eigenvalue weighted by molar-refractivity contribution is 5.08. The van der Waals surface area contributed by atoms with E-state index in [1.807, 2.05) is 0 Å². The number of hydrogen-bond donors (Lipinski definition) is 0. The third-order valence-corrected chi connectivity index (χ3v) is 4.24. The minimum absolute atomic E-state index is 0.373. The van der Waals surface area contributed by atoms with Gasteiger partial charge in [-0.25, -0.2) is 0 Å². The molecule has 1 heterocycles. The van der Waals surface area contributed by atoms with Crippen LogP contribution in [-0.4, -0.2) is 12.2 Å². The lowest BCUT2D eigenvalue weighted by atomic mass is 9.63. The van der Waals surface area contributed by atoms with Gasteiger partial charge in [-0.2, -0.15) is 0 Å². The van der Waals surface area contributed by atoms with E-state index in [9.17, 15) is 0 Å². The van der Waals surface area contributed by atoms with Crippen molar-refractivity contribution in [1.82, 2.24) is 0 Å². The summed E-state index contributed by atoms with van der Waals surface area (Å²) in [6, 6.07) is 0.